The summed E-state index contributed by atoms with van der Waals surface area (Å²) < 4.78 is 5.77. The topological polar surface area (TPSA) is 45.6 Å². The number of ether oxygens (including phenoxy) is 1. The Morgan fingerprint density at radius 1 is 1.42 bits per heavy atom. The van der Waals surface area contributed by atoms with Gasteiger partial charge in [0.2, 0.25) is 0 Å². The highest BCUT2D eigenvalue weighted by Crippen LogP contribution is 2.23. The van der Waals surface area contributed by atoms with Crippen LogP contribution in [0.1, 0.15) is 36.1 Å². The molecule has 0 spiro atoms. The summed E-state index contributed by atoms with van der Waals surface area (Å²) in [7, 11) is 2.03. The average Bonchev–Trinajstić information content (AvgIpc) is 2.39. The van der Waals surface area contributed by atoms with Gasteiger partial charge in [-0.15, -0.1) is 0 Å². The zero-order chi connectivity index (χ0) is 13.8. The van der Waals surface area contributed by atoms with Gasteiger partial charge in [0.05, 0.1) is 12.7 Å². The molecule has 1 aromatic rings. The highest BCUT2D eigenvalue weighted by atomic mass is 16.5. The van der Waals surface area contributed by atoms with Crippen LogP contribution in [-0.2, 0) is 11.3 Å². The lowest BCUT2D eigenvalue weighted by Crippen LogP contribution is -2.34. The van der Waals surface area contributed by atoms with Gasteiger partial charge in [-0.25, -0.2) is 4.98 Å². The molecule has 2 rings (SSSR count). The van der Waals surface area contributed by atoms with Crippen molar-refractivity contribution in [2.45, 2.75) is 45.8 Å². The minimum absolute atomic E-state index is 0.0321. The molecule has 0 amide bonds. The van der Waals surface area contributed by atoms with Crippen molar-refractivity contribution in [3.8, 4) is 0 Å². The van der Waals surface area contributed by atoms with Gasteiger partial charge >= 0.3 is 0 Å². The lowest BCUT2D eigenvalue weighted by Gasteiger charge is -2.29. The highest BCUT2D eigenvalue weighted by molar-refractivity contribution is 5.50. The van der Waals surface area contributed by atoms with Gasteiger partial charge in [0.1, 0.15) is 5.82 Å². The maximum absolute atomic E-state index is 9.55. The highest BCUT2D eigenvalue weighted by Gasteiger charge is 2.19. The minimum Gasteiger partial charge on any atom is -0.392 e. The average molecular weight is 264 g/mol. The lowest BCUT2D eigenvalue weighted by molar-refractivity contribution is 0.0215. The maximum atomic E-state index is 9.55. The molecule has 2 heterocycles. The van der Waals surface area contributed by atoms with Crippen molar-refractivity contribution in [1.82, 2.24) is 4.98 Å². The first-order valence-electron chi connectivity index (χ1n) is 7.02. The van der Waals surface area contributed by atoms with Crippen molar-refractivity contribution in [2.24, 2.45) is 0 Å². The Labute approximate surface area is 115 Å². The third kappa shape index (κ3) is 3.45. The Bertz CT molecular complexity index is 428. The zero-order valence-corrected chi connectivity index (χ0v) is 12.1. The van der Waals surface area contributed by atoms with E-state index in [0.717, 1.165) is 42.2 Å². The molecular formula is C15H24N2O2. The fourth-order valence-electron chi connectivity index (χ4n) is 2.70. The summed E-state index contributed by atoms with van der Waals surface area (Å²) >= 11 is 0. The van der Waals surface area contributed by atoms with Gasteiger partial charge in [-0.1, -0.05) is 0 Å². The Balaban J connectivity index is 2.15. The van der Waals surface area contributed by atoms with Crippen LogP contribution in [0.3, 0.4) is 0 Å². The summed E-state index contributed by atoms with van der Waals surface area (Å²) in [5.74, 6) is 0.883. The fourth-order valence-corrected chi connectivity index (χ4v) is 2.70. The SMILES string of the molecule is Cc1cc(C)c(CO)c(N(C)CC2CCCCO2)n1. The quantitative estimate of drug-likeness (QED) is 0.905. The molecular weight excluding hydrogens is 240 g/mol. The third-order valence-corrected chi connectivity index (χ3v) is 3.72. The van der Waals surface area contributed by atoms with Gasteiger partial charge in [0.15, 0.2) is 0 Å². The van der Waals surface area contributed by atoms with Crippen molar-refractivity contribution >= 4 is 5.82 Å². The van der Waals surface area contributed by atoms with Gasteiger partial charge in [-0.2, -0.15) is 0 Å². The molecule has 1 N–H and O–H groups in total. The number of hydrogen-bond acceptors (Lipinski definition) is 4. The molecule has 1 saturated heterocycles. The van der Waals surface area contributed by atoms with E-state index < -0.39 is 0 Å². The summed E-state index contributed by atoms with van der Waals surface area (Å²) in [6.45, 7) is 5.75. The van der Waals surface area contributed by atoms with Crippen molar-refractivity contribution in [2.75, 3.05) is 25.1 Å². The molecule has 1 unspecified atom stereocenters. The first-order valence-corrected chi connectivity index (χ1v) is 7.02. The van der Waals surface area contributed by atoms with Crippen LogP contribution in [0, 0.1) is 13.8 Å². The van der Waals surface area contributed by atoms with Crippen LogP contribution in [0.15, 0.2) is 6.07 Å². The first kappa shape index (κ1) is 14.3. The Morgan fingerprint density at radius 3 is 2.84 bits per heavy atom. The number of hydrogen-bond donors (Lipinski definition) is 1. The molecule has 19 heavy (non-hydrogen) atoms. The molecule has 0 aliphatic carbocycles. The van der Waals surface area contributed by atoms with Gasteiger partial charge < -0.3 is 14.7 Å². The Morgan fingerprint density at radius 2 is 2.21 bits per heavy atom. The zero-order valence-electron chi connectivity index (χ0n) is 12.1. The van der Waals surface area contributed by atoms with Crippen molar-refractivity contribution in [3.05, 3.63) is 22.9 Å². The molecule has 4 nitrogen and oxygen atoms in total. The number of anilines is 1. The fraction of sp³-hybridized carbons (Fsp3) is 0.667. The number of nitrogens with zero attached hydrogens (tertiary/aromatic N) is 2. The number of pyridine rings is 1. The molecule has 1 aromatic heterocycles. The van der Waals surface area contributed by atoms with Crippen molar-refractivity contribution in [1.29, 1.82) is 0 Å². The molecule has 0 bridgehead atoms. The van der Waals surface area contributed by atoms with E-state index in [1.807, 2.05) is 27.0 Å². The molecule has 1 atom stereocenters. The normalized spacial score (nSPS) is 19.5. The molecule has 1 aliphatic rings. The largest absolute Gasteiger partial charge is 0.392 e. The van der Waals surface area contributed by atoms with E-state index in [0.29, 0.717) is 0 Å². The molecule has 4 heteroatoms. The van der Waals surface area contributed by atoms with Crippen LogP contribution in [0.2, 0.25) is 0 Å². The molecule has 1 fully saturated rings. The van der Waals surface area contributed by atoms with Crippen LogP contribution in [0.25, 0.3) is 0 Å². The van der Waals surface area contributed by atoms with Crippen LogP contribution in [0.4, 0.5) is 5.82 Å². The predicted molar refractivity (Wildman–Crippen MR) is 76.5 cm³/mol. The van der Waals surface area contributed by atoms with E-state index >= 15 is 0 Å². The van der Waals surface area contributed by atoms with E-state index in [1.54, 1.807) is 0 Å². The van der Waals surface area contributed by atoms with Crippen LogP contribution < -0.4 is 4.90 Å². The molecule has 0 saturated carbocycles. The second-order valence-corrected chi connectivity index (χ2v) is 5.41. The van der Waals surface area contributed by atoms with Gasteiger partial charge in [0.25, 0.3) is 0 Å². The Hall–Kier alpha value is -1.13. The van der Waals surface area contributed by atoms with Crippen LogP contribution in [-0.4, -0.2) is 36.4 Å². The summed E-state index contributed by atoms with van der Waals surface area (Å²) in [4.78, 5) is 6.69. The summed E-state index contributed by atoms with van der Waals surface area (Å²) in [5, 5.41) is 9.55. The summed E-state index contributed by atoms with van der Waals surface area (Å²) in [5.41, 5.74) is 3.01. The van der Waals surface area contributed by atoms with Crippen molar-refractivity contribution in [3.63, 3.8) is 0 Å². The maximum Gasteiger partial charge on any atom is 0.134 e. The second kappa shape index (κ2) is 6.35. The van der Waals surface area contributed by atoms with Gasteiger partial charge in [0, 0.05) is 31.5 Å². The number of rotatable bonds is 4. The smallest absolute Gasteiger partial charge is 0.134 e. The lowest BCUT2D eigenvalue weighted by atomic mass is 10.1. The summed E-state index contributed by atoms with van der Waals surface area (Å²) in [6.07, 6.45) is 3.81. The van der Waals surface area contributed by atoms with E-state index in [1.165, 1.54) is 12.8 Å². The molecule has 106 valence electrons. The van der Waals surface area contributed by atoms with Crippen LogP contribution in [0.5, 0.6) is 0 Å². The minimum atomic E-state index is 0.0321. The number of likely N-dealkylation sites (N-methyl/N-ethyl adjacent to an activating group) is 1. The Kier molecular flexibility index (Phi) is 4.77. The van der Waals surface area contributed by atoms with E-state index in [2.05, 4.69) is 9.88 Å². The van der Waals surface area contributed by atoms with Crippen molar-refractivity contribution < 1.29 is 9.84 Å². The first-order chi connectivity index (χ1) is 9.11. The van der Waals surface area contributed by atoms with E-state index in [4.69, 9.17) is 4.74 Å². The standard InChI is InChI=1S/C15H24N2O2/c1-11-8-12(2)16-15(14(11)10-18)17(3)9-13-6-4-5-7-19-13/h8,13,18H,4-7,9-10H2,1-3H3. The van der Waals surface area contributed by atoms with Crippen LogP contribution >= 0.6 is 0 Å². The number of aryl methyl sites for hydroxylation is 2. The van der Waals surface area contributed by atoms with E-state index in [9.17, 15) is 5.11 Å². The summed E-state index contributed by atoms with van der Waals surface area (Å²) in [6, 6.07) is 2.01. The third-order valence-electron chi connectivity index (χ3n) is 3.72. The number of aliphatic hydroxyl groups excluding tert-OH is 1. The number of aromatic nitrogens is 1. The van der Waals surface area contributed by atoms with Gasteiger partial charge in [-0.3, -0.25) is 0 Å². The molecule has 1 aliphatic heterocycles. The number of aliphatic hydroxyl groups is 1. The second-order valence-electron chi connectivity index (χ2n) is 5.41. The predicted octanol–water partition coefficient (Wildman–Crippen LogP) is 2.20. The monoisotopic (exact) mass is 264 g/mol. The van der Waals surface area contributed by atoms with E-state index in [-0.39, 0.29) is 12.7 Å². The molecule has 0 radical (unpaired) electrons. The van der Waals surface area contributed by atoms with Gasteiger partial charge in [-0.05, 0) is 44.7 Å². The molecule has 0 aromatic carbocycles.